The Balaban J connectivity index is 1.56. The SMILES string of the molecule is CN(Cc1ccco1)C(=O)NCc1nnc2n1CCCCC2. The molecule has 118 valence electrons. The van der Waals surface area contributed by atoms with E-state index < -0.39 is 0 Å². The van der Waals surface area contributed by atoms with Crippen molar-refractivity contribution in [2.75, 3.05) is 7.05 Å². The van der Waals surface area contributed by atoms with Crippen molar-refractivity contribution in [3.05, 3.63) is 35.8 Å². The molecule has 1 N–H and O–H groups in total. The molecule has 3 heterocycles. The van der Waals surface area contributed by atoms with Crippen LogP contribution in [0.5, 0.6) is 0 Å². The number of aromatic nitrogens is 3. The Hall–Kier alpha value is -2.31. The van der Waals surface area contributed by atoms with Crippen LogP contribution in [-0.4, -0.2) is 32.7 Å². The summed E-state index contributed by atoms with van der Waals surface area (Å²) in [5, 5.41) is 11.3. The molecule has 7 nitrogen and oxygen atoms in total. The Kier molecular flexibility index (Phi) is 4.41. The maximum absolute atomic E-state index is 12.1. The number of urea groups is 1. The number of amides is 2. The smallest absolute Gasteiger partial charge is 0.317 e. The topological polar surface area (TPSA) is 76.2 Å². The predicted octanol–water partition coefficient (Wildman–Crippen LogP) is 1.94. The quantitative estimate of drug-likeness (QED) is 0.936. The van der Waals surface area contributed by atoms with E-state index in [0.29, 0.717) is 13.1 Å². The lowest BCUT2D eigenvalue weighted by molar-refractivity contribution is 0.202. The van der Waals surface area contributed by atoms with E-state index in [1.165, 1.54) is 6.42 Å². The lowest BCUT2D eigenvalue weighted by Crippen LogP contribution is -2.36. The van der Waals surface area contributed by atoms with Crippen LogP contribution in [0, 0.1) is 0 Å². The van der Waals surface area contributed by atoms with Crippen molar-refractivity contribution in [2.45, 2.75) is 45.3 Å². The standard InChI is InChI=1S/C15H21N5O2/c1-19(11-12-6-5-9-22-12)15(21)16-10-14-18-17-13-7-3-2-4-8-20(13)14/h5-6,9H,2-4,7-8,10-11H2,1H3,(H,16,21). The first kappa shape index (κ1) is 14.6. The first-order chi connectivity index (χ1) is 10.7. The fraction of sp³-hybridized carbons (Fsp3) is 0.533. The molecule has 1 aliphatic heterocycles. The molecule has 2 amide bonds. The van der Waals surface area contributed by atoms with E-state index in [-0.39, 0.29) is 6.03 Å². The van der Waals surface area contributed by atoms with Gasteiger partial charge in [0.05, 0.1) is 19.4 Å². The molecule has 0 saturated carbocycles. The molecule has 0 unspecified atom stereocenters. The summed E-state index contributed by atoms with van der Waals surface area (Å²) in [6, 6.07) is 3.51. The number of furan rings is 1. The number of fused-ring (bicyclic) bond motifs is 1. The first-order valence-corrected chi connectivity index (χ1v) is 7.66. The zero-order valence-electron chi connectivity index (χ0n) is 12.8. The predicted molar refractivity (Wildman–Crippen MR) is 80.0 cm³/mol. The van der Waals surface area contributed by atoms with E-state index in [2.05, 4.69) is 20.1 Å². The number of carbonyl (C=O) groups is 1. The van der Waals surface area contributed by atoms with Gasteiger partial charge in [-0.05, 0) is 25.0 Å². The number of carbonyl (C=O) groups excluding carboxylic acids is 1. The fourth-order valence-electron chi connectivity index (χ4n) is 2.67. The van der Waals surface area contributed by atoms with Crippen LogP contribution >= 0.6 is 0 Å². The fourth-order valence-corrected chi connectivity index (χ4v) is 2.67. The summed E-state index contributed by atoms with van der Waals surface area (Å²) in [6.07, 6.45) is 6.10. The van der Waals surface area contributed by atoms with Gasteiger partial charge in [-0.2, -0.15) is 0 Å². The molecule has 0 spiro atoms. The van der Waals surface area contributed by atoms with Gasteiger partial charge in [-0.25, -0.2) is 4.79 Å². The second kappa shape index (κ2) is 6.64. The summed E-state index contributed by atoms with van der Waals surface area (Å²) >= 11 is 0. The molecular weight excluding hydrogens is 282 g/mol. The Bertz CT molecular complexity index is 620. The molecule has 7 heteroatoms. The Morgan fingerprint density at radius 2 is 2.32 bits per heavy atom. The Morgan fingerprint density at radius 1 is 1.41 bits per heavy atom. The van der Waals surface area contributed by atoms with E-state index in [1.807, 2.05) is 12.1 Å². The molecular formula is C15H21N5O2. The normalized spacial score (nSPS) is 14.2. The van der Waals surface area contributed by atoms with E-state index in [1.54, 1.807) is 18.2 Å². The van der Waals surface area contributed by atoms with Gasteiger partial charge in [0.1, 0.15) is 11.6 Å². The molecule has 0 atom stereocenters. The van der Waals surface area contributed by atoms with Gasteiger partial charge in [0.15, 0.2) is 5.82 Å². The van der Waals surface area contributed by atoms with Crippen LogP contribution < -0.4 is 5.32 Å². The van der Waals surface area contributed by atoms with Crippen molar-refractivity contribution in [1.29, 1.82) is 0 Å². The molecule has 0 aliphatic carbocycles. The molecule has 0 saturated heterocycles. The summed E-state index contributed by atoms with van der Waals surface area (Å²) < 4.78 is 7.38. The van der Waals surface area contributed by atoms with Gasteiger partial charge in [-0.15, -0.1) is 10.2 Å². The number of hydrogen-bond acceptors (Lipinski definition) is 4. The number of nitrogens with zero attached hydrogens (tertiary/aromatic N) is 4. The van der Waals surface area contributed by atoms with Gasteiger partial charge in [0.2, 0.25) is 0 Å². The second-order valence-electron chi connectivity index (χ2n) is 5.59. The van der Waals surface area contributed by atoms with E-state index in [0.717, 1.165) is 43.2 Å². The van der Waals surface area contributed by atoms with Crippen LogP contribution in [0.4, 0.5) is 4.79 Å². The zero-order valence-corrected chi connectivity index (χ0v) is 12.8. The van der Waals surface area contributed by atoms with Crippen LogP contribution in [0.25, 0.3) is 0 Å². The van der Waals surface area contributed by atoms with Gasteiger partial charge in [-0.1, -0.05) is 6.42 Å². The molecule has 2 aromatic heterocycles. The van der Waals surface area contributed by atoms with Crippen LogP contribution in [0.1, 0.15) is 36.7 Å². The summed E-state index contributed by atoms with van der Waals surface area (Å²) in [6.45, 7) is 1.78. The van der Waals surface area contributed by atoms with Crippen molar-refractivity contribution < 1.29 is 9.21 Å². The van der Waals surface area contributed by atoms with Gasteiger partial charge in [0, 0.05) is 20.0 Å². The van der Waals surface area contributed by atoms with Crippen LogP contribution in [0.15, 0.2) is 22.8 Å². The maximum atomic E-state index is 12.1. The average Bonchev–Trinajstić information content (AvgIpc) is 3.09. The van der Waals surface area contributed by atoms with Gasteiger partial charge < -0.3 is 19.2 Å². The van der Waals surface area contributed by atoms with Crippen LogP contribution in [-0.2, 0) is 26.1 Å². The van der Waals surface area contributed by atoms with E-state index in [9.17, 15) is 4.79 Å². The zero-order chi connectivity index (χ0) is 15.4. The van der Waals surface area contributed by atoms with Crippen LogP contribution in [0.3, 0.4) is 0 Å². The van der Waals surface area contributed by atoms with Crippen molar-refractivity contribution in [3.63, 3.8) is 0 Å². The minimum absolute atomic E-state index is 0.151. The van der Waals surface area contributed by atoms with E-state index in [4.69, 9.17) is 4.42 Å². The molecule has 0 fully saturated rings. The van der Waals surface area contributed by atoms with Crippen LogP contribution in [0.2, 0.25) is 0 Å². The van der Waals surface area contributed by atoms with Gasteiger partial charge in [0.25, 0.3) is 0 Å². The number of nitrogens with one attached hydrogen (secondary N) is 1. The average molecular weight is 303 g/mol. The maximum Gasteiger partial charge on any atom is 0.317 e. The highest BCUT2D eigenvalue weighted by molar-refractivity contribution is 5.73. The van der Waals surface area contributed by atoms with Gasteiger partial charge in [-0.3, -0.25) is 0 Å². The first-order valence-electron chi connectivity index (χ1n) is 7.66. The van der Waals surface area contributed by atoms with Crippen molar-refractivity contribution in [2.24, 2.45) is 0 Å². The molecule has 2 aromatic rings. The third-order valence-electron chi connectivity index (χ3n) is 3.90. The Labute approximate surface area is 129 Å². The second-order valence-corrected chi connectivity index (χ2v) is 5.59. The van der Waals surface area contributed by atoms with Crippen molar-refractivity contribution in [1.82, 2.24) is 25.0 Å². The van der Waals surface area contributed by atoms with E-state index >= 15 is 0 Å². The molecule has 3 rings (SSSR count). The molecule has 0 aromatic carbocycles. The number of aryl methyl sites for hydroxylation is 1. The minimum Gasteiger partial charge on any atom is -0.467 e. The highest BCUT2D eigenvalue weighted by Crippen LogP contribution is 2.14. The summed E-state index contributed by atoms with van der Waals surface area (Å²) in [7, 11) is 1.74. The third-order valence-corrected chi connectivity index (χ3v) is 3.90. The Morgan fingerprint density at radius 3 is 3.14 bits per heavy atom. The number of hydrogen-bond donors (Lipinski definition) is 1. The molecule has 0 bridgehead atoms. The highest BCUT2D eigenvalue weighted by atomic mass is 16.3. The molecule has 0 radical (unpaired) electrons. The van der Waals surface area contributed by atoms with Crippen molar-refractivity contribution >= 4 is 6.03 Å². The largest absolute Gasteiger partial charge is 0.467 e. The number of rotatable bonds is 4. The third kappa shape index (κ3) is 3.29. The molecule has 1 aliphatic rings. The minimum atomic E-state index is -0.151. The molecule has 22 heavy (non-hydrogen) atoms. The monoisotopic (exact) mass is 303 g/mol. The summed E-state index contributed by atoms with van der Waals surface area (Å²) in [5.41, 5.74) is 0. The highest BCUT2D eigenvalue weighted by Gasteiger charge is 2.16. The van der Waals surface area contributed by atoms with Gasteiger partial charge >= 0.3 is 6.03 Å². The lowest BCUT2D eigenvalue weighted by atomic mass is 10.2. The van der Waals surface area contributed by atoms with Crippen molar-refractivity contribution in [3.8, 4) is 0 Å². The summed E-state index contributed by atoms with van der Waals surface area (Å²) in [4.78, 5) is 13.7. The lowest BCUT2D eigenvalue weighted by Gasteiger charge is -2.16. The summed E-state index contributed by atoms with van der Waals surface area (Å²) in [5.74, 6) is 2.62.